The summed E-state index contributed by atoms with van der Waals surface area (Å²) in [5, 5.41) is 6.15. The standard InChI is InChI=1S/C19H22BrN3O2/c1-14(21-16-4-2-15(20)3-5-16)19(24)22-17-6-8-18(9-7-17)23-10-12-25-13-11-23/h2-9,14,21H,10-13H2,1H3,(H,22,24)/t14-/m1/s1. The van der Waals surface area contributed by atoms with Gasteiger partial charge in [-0.1, -0.05) is 15.9 Å². The Kier molecular flexibility index (Phi) is 5.94. The molecule has 0 aromatic heterocycles. The van der Waals surface area contributed by atoms with Crippen LogP contribution in [0.3, 0.4) is 0 Å². The Morgan fingerprint density at radius 3 is 2.28 bits per heavy atom. The van der Waals surface area contributed by atoms with E-state index in [1.54, 1.807) is 0 Å². The third-order valence-corrected chi connectivity index (χ3v) is 4.66. The third-order valence-electron chi connectivity index (χ3n) is 4.13. The summed E-state index contributed by atoms with van der Waals surface area (Å²) in [5.74, 6) is -0.0676. The number of carbonyl (C=O) groups is 1. The molecule has 3 rings (SSSR count). The van der Waals surface area contributed by atoms with E-state index in [0.717, 1.165) is 47.8 Å². The van der Waals surface area contributed by atoms with Crippen molar-refractivity contribution in [1.82, 2.24) is 0 Å². The first-order valence-corrected chi connectivity index (χ1v) is 9.17. The number of rotatable bonds is 5. The van der Waals surface area contributed by atoms with Crippen molar-refractivity contribution in [3.05, 3.63) is 53.0 Å². The van der Waals surface area contributed by atoms with Crippen LogP contribution in [0.25, 0.3) is 0 Å². The number of hydrogen-bond acceptors (Lipinski definition) is 4. The maximum absolute atomic E-state index is 12.4. The second kappa shape index (κ2) is 8.36. The smallest absolute Gasteiger partial charge is 0.246 e. The molecule has 2 aromatic carbocycles. The molecule has 1 aliphatic rings. The summed E-state index contributed by atoms with van der Waals surface area (Å²) in [6.07, 6.45) is 0. The van der Waals surface area contributed by atoms with Crippen LogP contribution in [0.1, 0.15) is 6.92 Å². The Hall–Kier alpha value is -2.05. The molecule has 1 fully saturated rings. The van der Waals surface area contributed by atoms with Crippen LogP contribution in [0.4, 0.5) is 17.1 Å². The van der Waals surface area contributed by atoms with Gasteiger partial charge in [-0.15, -0.1) is 0 Å². The lowest BCUT2D eigenvalue weighted by Gasteiger charge is -2.29. The predicted molar refractivity (Wildman–Crippen MR) is 105 cm³/mol. The Balaban J connectivity index is 1.55. The molecule has 2 N–H and O–H groups in total. The van der Waals surface area contributed by atoms with E-state index in [1.165, 1.54) is 0 Å². The molecule has 1 aliphatic heterocycles. The number of nitrogens with zero attached hydrogens (tertiary/aromatic N) is 1. The van der Waals surface area contributed by atoms with Crippen LogP contribution in [0.2, 0.25) is 0 Å². The van der Waals surface area contributed by atoms with Crippen molar-refractivity contribution < 1.29 is 9.53 Å². The average molecular weight is 404 g/mol. The van der Waals surface area contributed by atoms with Gasteiger partial charge >= 0.3 is 0 Å². The van der Waals surface area contributed by atoms with Gasteiger partial charge in [-0.25, -0.2) is 0 Å². The van der Waals surface area contributed by atoms with E-state index in [-0.39, 0.29) is 11.9 Å². The molecular formula is C19H22BrN3O2. The van der Waals surface area contributed by atoms with Crippen molar-refractivity contribution >= 4 is 38.9 Å². The quantitative estimate of drug-likeness (QED) is 0.798. The molecule has 0 radical (unpaired) electrons. The number of morpholine rings is 1. The molecule has 1 heterocycles. The first-order valence-electron chi connectivity index (χ1n) is 8.37. The molecule has 2 aromatic rings. The number of hydrogen-bond donors (Lipinski definition) is 2. The van der Waals surface area contributed by atoms with Gasteiger partial charge in [-0.2, -0.15) is 0 Å². The van der Waals surface area contributed by atoms with Crippen LogP contribution < -0.4 is 15.5 Å². The predicted octanol–water partition coefficient (Wildman–Crippen LogP) is 3.72. The fourth-order valence-electron chi connectivity index (χ4n) is 2.69. The summed E-state index contributed by atoms with van der Waals surface area (Å²) < 4.78 is 6.38. The highest BCUT2D eigenvalue weighted by Gasteiger charge is 2.14. The summed E-state index contributed by atoms with van der Waals surface area (Å²) in [7, 11) is 0. The SMILES string of the molecule is C[C@@H](Nc1ccc(Br)cc1)C(=O)Nc1ccc(N2CCOCC2)cc1. The van der Waals surface area contributed by atoms with Crippen LogP contribution in [-0.2, 0) is 9.53 Å². The van der Waals surface area contributed by atoms with Crippen molar-refractivity contribution in [2.75, 3.05) is 41.8 Å². The van der Waals surface area contributed by atoms with Gasteiger partial charge in [-0.05, 0) is 55.5 Å². The van der Waals surface area contributed by atoms with E-state index in [0.29, 0.717) is 0 Å². The van der Waals surface area contributed by atoms with Gasteiger partial charge < -0.3 is 20.3 Å². The van der Waals surface area contributed by atoms with Crippen molar-refractivity contribution in [2.45, 2.75) is 13.0 Å². The van der Waals surface area contributed by atoms with Gasteiger partial charge in [0.1, 0.15) is 6.04 Å². The number of benzene rings is 2. The maximum Gasteiger partial charge on any atom is 0.246 e. The molecule has 132 valence electrons. The summed E-state index contributed by atoms with van der Waals surface area (Å²) >= 11 is 3.40. The minimum atomic E-state index is -0.333. The molecular weight excluding hydrogens is 382 g/mol. The van der Waals surface area contributed by atoms with E-state index in [4.69, 9.17) is 4.74 Å². The second-order valence-electron chi connectivity index (χ2n) is 6.01. The van der Waals surface area contributed by atoms with Crippen molar-refractivity contribution in [3.8, 4) is 0 Å². The number of amides is 1. The zero-order valence-corrected chi connectivity index (χ0v) is 15.8. The van der Waals surface area contributed by atoms with Crippen molar-refractivity contribution in [2.24, 2.45) is 0 Å². The number of carbonyl (C=O) groups excluding carboxylic acids is 1. The first-order chi connectivity index (χ1) is 12.1. The summed E-state index contributed by atoms with van der Waals surface area (Å²) in [5.41, 5.74) is 2.86. The Morgan fingerprint density at radius 2 is 1.64 bits per heavy atom. The van der Waals surface area contributed by atoms with E-state index in [1.807, 2.05) is 55.5 Å². The van der Waals surface area contributed by atoms with Crippen LogP contribution in [0, 0.1) is 0 Å². The van der Waals surface area contributed by atoms with Crippen LogP contribution in [0.5, 0.6) is 0 Å². The van der Waals surface area contributed by atoms with Crippen LogP contribution >= 0.6 is 15.9 Å². The van der Waals surface area contributed by atoms with E-state index in [9.17, 15) is 4.79 Å². The largest absolute Gasteiger partial charge is 0.378 e. The van der Waals surface area contributed by atoms with Gasteiger partial charge in [-0.3, -0.25) is 4.79 Å². The minimum Gasteiger partial charge on any atom is -0.378 e. The molecule has 0 bridgehead atoms. The molecule has 1 saturated heterocycles. The Morgan fingerprint density at radius 1 is 1.04 bits per heavy atom. The lowest BCUT2D eigenvalue weighted by molar-refractivity contribution is -0.116. The van der Waals surface area contributed by atoms with Gasteiger partial charge in [0.25, 0.3) is 0 Å². The Bertz CT molecular complexity index is 698. The van der Waals surface area contributed by atoms with Crippen molar-refractivity contribution in [1.29, 1.82) is 0 Å². The zero-order chi connectivity index (χ0) is 17.6. The lowest BCUT2D eigenvalue weighted by Crippen LogP contribution is -2.36. The molecule has 0 spiro atoms. The lowest BCUT2D eigenvalue weighted by atomic mass is 10.2. The molecule has 1 atom stereocenters. The molecule has 1 amide bonds. The molecule has 25 heavy (non-hydrogen) atoms. The summed E-state index contributed by atoms with van der Waals surface area (Å²) in [6.45, 7) is 5.18. The highest BCUT2D eigenvalue weighted by Crippen LogP contribution is 2.20. The molecule has 0 saturated carbocycles. The van der Waals surface area contributed by atoms with Gasteiger partial charge in [0, 0.05) is 34.6 Å². The normalized spacial score (nSPS) is 15.5. The highest BCUT2D eigenvalue weighted by atomic mass is 79.9. The molecule has 6 heteroatoms. The third kappa shape index (κ3) is 4.96. The molecule has 5 nitrogen and oxygen atoms in total. The zero-order valence-electron chi connectivity index (χ0n) is 14.2. The first kappa shape index (κ1) is 17.8. The minimum absolute atomic E-state index is 0.0676. The van der Waals surface area contributed by atoms with Crippen LogP contribution in [-0.4, -0.2) is 38.3 Å². The fourth-order valence-corrected chi connectivity index (χ4v) is 2.95. The van der Waals surface area contributed by atoms with Gasteiger partial charge in [0.2, 0.25) is 5.91 Å². The summed E-state index contributed by atoms with van der Waals surface area (Å²) in [4.78, 5) is 14.6. The molecule has 0 aliphatic carbocycles. The number of halogens is 1. The topological polar surface area (TPSA) is 53.6 Å². The van der Waals surface area contributed by atoms with Gasteiger partial charge in [0.15, 0.2) is 0 Å². The second-order valence-corrected chi connectivity index (χ2v) is 6.92. The van der Waals surface area contributed by atoms with Crippen LogP contribution in [0.15, 0.2) is 53.0 Å². The maximum atomic E-state index is 12.4. The van der Waals surface area contributed by atoms with E-state index < -0.39 is 0 Å². The van der Waals surface area contributed by atoms with Gasteiger partial charge in [0.05, 0.1) is 13.2 Å². The number of anilines is 3. The monoisotopic (exact) mass is 403 g/mol. The highest BCUT2D eigenvalue weighted by molar-refractivity contribution is 9.10. The number of nitrogens with one attached hydrogen (secondary N) is 2. The summed E-state index contributed by atoms with van der Waals surface area (Å²) in [6, 6.07) is 15.4. The molecule has 0 unspecified atom stereocenters. The fraction of sp³-hybridized carbons (Fsp3) is 0.316. The average Bonchev–Trinajstić information content (AvgIpc) is 2.65. The van der Waals surface area contributed by atoms with E-state index >= 15 is 0 Å². The Labute approximate surface area is 156 Å². The van der Waals surface area contributed by atoms with Crippen molar-refractivity contribution in [3.63, 3.8) is 0 Å². The number of ether oxygens (including phenoxy) is 1. The van der Waals surface area contributed by atoms with E-state index in [2.05, 4.69) is 31.5 Å².